The van der Waals surface area contributed by atoms with E-state index in [2.05, 4.69) is 15.5 Å². The average Bonchev–Trinajstić information content (AvgIpc) is 2.63. The number of H-pyrrole nitrogens is 1. The minimum absolute atomic E-state index is 0.0770. The van der Waals surface area contributed by atoms with Gasteiger partial charge in [-0.15, -0.1) is 0 Å². The number of carbonyl (C=O) groups excluding carboxylic acids is 1. The molecule has 0 aliphatic carbocycles. The van der Waals surface area contributed by atoms with Crippen molar-refractivity contribution in [2.75, 3.05) is 5.32 Å². The van der Waals surface area contributed by atoms with Gasteiger partial charge in [0, 0.05) is 12.3 Å². The lowest BCUT2D eigenvalue weighted by atomic mass is 10.1. The quantitative estimate of drug-likeness (QED) is 0.816. The number of amides is 1. The van der Waals surface area contributed by atoms with Gasteiger partial charge in [0.2, 0.25) is 0 Å². The average molecular weight is 233 g/mol. The predicted octanol–water partition coefficient (Wildman–Crippen LogP) is 1.23. The van der Waals surface area contributed by atoms with Crippen LogP contribution in [0.25, 0.3) is 0 Å². The van der Waals surface area contributed by atoms with E-state index in [0.29, 0.717) is 11.3 Å². The first-order valence-corrected chi connectivity index (χ1v) is 5.01. The van der Waals surface area contributed by atoms with Gasteiger partial charge < -0.3 is 14.8 Å². The molecule has 6 nitrogen and oxygen atoms in total. The first-order chi connectivity index (χ1) is 8.08. The van der Waals surface area contributed by atoms with Gasteiger partial charge >= 0.3 is 0 Å². The number of anilines is 1. The van der Waals surface area contributed by atoms with E-state index >= 15 is 0 Å². The van der Waals surface area contributed by atoms with Gasteiger partial charge in [0.05, 0.1) is 0 Å². The van der Waals surface area contributed by atoms with Gasteiger partial charge in [-0.3, -0.25) is 9.59 Å². The molecular weight excluding hydrogens is 222 g/mol. The summed E-state index contributed by atoms with van der Waals surface area (Å²) in [5, 5.41) is 6.12. The largest absolute Gasteiger partial charge is 0.360 e. The summed E-state index contributed by atoms with van der Waals surface area (Å²) in [6, 6.07) is 3.23. The van der Waals surface area contributed by atoms with Gasteiger partial charge in [-0.25, -0.2) is 0 Å². The van der Waals surface area contributed by atoms with Gasteiger partial charge in [-0.2, -0.15) is 0 Å². The van der Waals surface area contributed by atoms with E-state index in [4.69, 9.17) is 4.52 Å². The summed E-state index contributed by atoms with van der Waals surface area (Å²) in [6.07, 6.45) is 1.49. The third-order valence-electron chi connectivity index (χ3n) is 2.27. The number of rotatable bonds is 2. The van der Waals surface area contributed by atoms with Gasteiger partial charge in [0.1, 0.15) is 11.3 Å². The number of pyridine rings is 1. The lowest BCUT2D eigenvalue weighted by Crippen LogP contribution is -2.24. The maximum absolute atomic E-state index is 11.9. The highest BCUT2D eigenvalue weighted by Crippen LogP contribution is 2.09. The zero-order valence-electron chi connectivity index (χ0n) is 9.40. The molecule has 0 saturated carbocycles. The Balaban J connectivity index is 2.29. The van der Waals surface area contributed by atoms with Crippen molar-refractivity contribution in [3.8, 4) is 0 Å². The molecule has 88 valence electrons. The molecule has 0 bridgehead atoms. The Labute approximate surface area is 96.6 Å². The Kier molecular flexibility index (Phi) is 2.78. The molecule has 0 saturated heterocycles. The van der Waals surface area contributed by atoms with Crippen molar-refractivity contribution in [3.05, 3.63) is 45.6 Å². The molecule has 2 aromatic heterocycles. The van der Waals surface area contributed by atoms with Crippen molar-refractivity contribution in [2.24, 2.45) is 0 Å². The van der Waals surface area contributed by atoms with E-state index in [1.165, 1.54) is 6.20 Å². The third kappa shape index (κ3) is 2.25. The van der Waals surface area contributed by atoms with Crippen molar-refractivity contribution in [3.63, 3.8) is 0 Å². The van der Waals surface area contributed by atoms with E-state index in [1.54, 1.807) is 26.0 Å². The van der Waals surface area contributed by atoms with Crippen molar-refractivity contribution in [2.45, 2.75) is 13.8 Å². The summed E-state index contributed by atoms with van der Waals surface area (Å²) < 4.78 is 4.81. The van der Waals surface area contributed by atoms with E-state index in [9.17, 15) is 9.59 Å². The van der Waals surface area contributed by atoms with Crippen LogP contribution < -0.4 is 10.9 Å². The monoisotopic (exact) mass is 233 g/mol. The van der Waals surface area contributed by atoms with Gasteiger partial charge in [0.25, 0.3) is 11.5 Å². The van der Waals surface area contributed by atoms with Crippen molar-refractivity contribution in [1.82, 2.24) is 10.1 Å². The van der Waals surface area contributed by atoms with Crippen molar-refractivity contribution >= 4 is 11.7 Å². The van der Waals surface area contributed by atoms with Crippen LogP contribution >= 0.6 is 0 Å². The molecule has 0 aliphatic rings. The van der Waals surface area contributed by atoms with Crippen LogP contribution in [0.4, 0.5) is 5.82 Å². The van der Waals surface area contributed by atoms with Crippen molar-refractivity contribution < 1.29 is 9.32 Å². The number of hydrogen-bond acceptors (Lipinski definition) is 4. The number of nitrogens with zero attached hydrogens (tertiary/aromatic N) is 1. The number of carbonyl (C=O) groups is 1. The summed E-state index contributed by atoms with van der Waals surface area (Å²) in [7, 11) is 0. The standard InChI is InChI=1S/C11H11N3O3/c1-6-3-4-12-10(15)9(6)11(16)13-8-5-7(2)17-14-8/h3-5H,1-2H3,(H,12,15)(H,13,14,16). The van der Waals surface area contributed by atoms with Gasteiger partial charge in [-0.1, -0.05) is 5.16 Å². The number of aryl methyl sites for hydroxylation is 2. The number of aromatic amines is 1. The summed E-state index contributed by atoms with van der Waals surface area (Å²) >= 11 is 0. The highest BCUT2D eigenvalue weighted by molar-refractivity contribution is 6.04. The zero-order valence-corrected chi connectivity index (χ0v) is 9.40. The third-order valence-corrected chi connectivity index (χ3v) is 2.27. The van der Waals surface area contributed by atoms with Crippen LogP contribution in [0.2, 0.25) is 0 Å². The fourth-order valence-electron chi connectivity index (χ4n) is 1.46. The molecule has 6 heteroatoms. The molecule has 0 fully saturated rings. The van der Waals surface area contributed by atoms with Crippen LogP contribution in [0.1, 0.15) is 21.7 Å². The Morgan fingerprint density at radius 1 is 1.47 bits per heavy atom. The molecule has 0 atom stereocenters. The normalized spacial score (nSPS) is 10.2. The van der Waals surface area contributed by atoms with E-state index in [0.717, 1.165) is 0 Å². The molecule has 17 heavy (non-hydrogen) atoms. The molecule has 0 aromatic carbocycles. The second-order valence-corrected chi connectivity index (χ2v) is 3.64. The minimum Gasteiger partial charge on any atom is -0.360 e. The number of hydrogen-bond donors (Lipinski definition) is 2. The van der Waals surface area contributed by atoms with Crippen LogP contribution in [0.3, 0.4) is 0 Å². The zero-order chi connectivity index (χ0) is 12.4. The maximum Gasteiger partial charge on any atom is 0.262 e. The predicted molar refractivity (Wildman–Crippen MR) is 61.0 cm³/mol. The molecular formula is C11H11N3O3. The van der Waals surface area contributed by atoms with E-state index in [1.807, 2.05) is 0 Å². The first kappa shape index (κ1) is 11.1. The molecule has 0 spiro atoms. The lowest BCUT2D eigenvalue weighted by Gasteiger charge is -2.02. The maximum atomic E-state index is 11.9. The smallest absolute Gasteiger partial charge is 0.262 e. The second-order valence-electron chi connectivity index (χ2n) is 3.64. The minimum atomic E-state index is -0.502. The first-order valence-electron chi connectivity index (χ1n) is 5.01. The Morgan fingerprint density at radius 2 is 2.24 bits per heavy atom. The molecule has 0 unspecified atom stereocenters. The fourth-order valence-corrected chi connectivity index (χ4v) is 1.46. The van der Waals surface area contributed by atoms with E-state index in [-0.39, 0.29) is 11.4 Å². The second kappa shape index (κ2) is 4.25. The van der Waals surface area contributed by atoms with Gasteiger partial charge in [-0.05, 0) is 25.5 Å². The van der Waals surface area contributed by atoms with Crippen LogP contribution in [0.15, 0.2) is 27.6 Å². The molecule has 2 rings (SSSR count). The van der Waals surface area contributed by atoms with Crippen LogP contribution in [0, 0.1) is 13.8 Å². The summed E-state index contributed by atoms with van der Waals surface area (Å²) in [4.78, 5) is 25.8. The number of aromatic nitrogens is 2. The molecule has 2 aromatic rings. The Morgan fingerprint density at radius 3 is 2.82 bits per heavy atom. The van der Waals surface area contributed by atoms with Crippen molar-refractivity contribution in [1.29, 1.82) is 0 Å². The number of nitrogens with one attached hydrogen (secondary N) is 2. The summed E-state index contributed by atoms with van der Waals surface area (Å²) in [5.74, 6) is 0.367. The topological polar surface area (TPSA) is 88.0 Å². The molecule has 2 heterocycles. The lowest BCUT2D eigenvalue weighted by molar-refractivity contribution is 0.102. The highest BCUT2D eigenvalue weighted by atomic mass is 16.5. The molecule has 1 amide bonds. The molecule has 0 radical (unpaired) electrons. The summed E-state index contributed by atoms with van der Waals surface area (Å²) in [6.45, 7) is 3.40. The Bertz CT molecular complexity index is 612. The fraction of sp³-hybridized carbons (Fsp3) is 0.182. The SMILES string of the molecule is Cc1cc(NC(=O)c2c(C)cc[nH]c2=O)no1. The van der Waals surface area contributed by atoms with Crippen LogP contribution in [-0.4, -0.2) is 16.0 Å². The highest BCUT2D eigenvalue weighted by Gasteiger charge is 2.14. The van der Waals surface area contributed by atoms with Crippen LogP contribution in [-0.2, 0) is 0 Å². The Hall–Kier alpha value is -2.37. The van der Waals surface area contributed by atoms with Crippen LogP contribution in [0.5, 0.6) is 0 Å². The van der Waals surface area contributed by atoms with Gasteiger partial charge in [0.15, 0.2) is 5.82 Å². The molecule has 0 aliphatic heterocycles. The van der Waals surface area contributed by atoms with E-state index < -0.39 is 11.5 Å². The summed E-state index contributed by atoms with van der Waals surface area (Å²) in [5.41, 5.74) is 0.252. The molecule has 2 N–H and O–H groups in total.